The zero-order valence-corrected chi connectivity index (χ0v) is 14.2. The Balaban J connectivity index is 1.70. The highest BCUT2D eigenvalue weighted by Gasteiger charge is 2.18. The van der Waals surface area contributed by atoms with Crippen molar-refractivity contribution in [3.63, 3.8) is 0 Å². The molecule has 0 atom stereocenters. The summed E-state index contributed by atoms with van der Waals surface area (Å²) in [5, 5.41) is 2.85. The first-order valence-electron chi connectivity index (χ1n) is 8.67. The first-order valence-corrected chi connectivity index (χ1v) is 8.67. The number of nitrogens with two attached hydrogens (primary N) is 1. The summed E-state index contributed by atoms with van der Waals surface area (Å²) in [6.07, 6.45) is 3.30. The van der Waals surface area contributed by atoms with Crippen molar-refractivity contribution in [1.82, 2.24) is 4.90 Å². The molecule has 5 nitrogen and oxygen atoms in total. The van der Waals surface area contributed by atoms with Crippen LogP contribution in [-0.2, 0) is 6.54 Å². The van der Waals surface area contributed by atoms with Gasteiger partial charge in [-0.2, -0.15) is 0 Å². The minimum atomic E-state index is -0.203. The van der Waals surface area contributed by atoms with Gasteiger partial charge in [0.05, 0.1) is 0 Å². The molecular formula is C20H23N3O2. The van der Waals surface area contributed by atoms with Gasteiger partial charge in [-0.25, -0.2) is 0 Å². The van der Waals surface area contributed by atoms with E-state index in [1.165, 1.54) is 6.42 Å². The molecule has 0 bridgehead atoms. The van der Waals surface area contributed by atoms with Gasteiger partial charge in [-0.05, 0) is 55.2 Å². The molecular weight excluding hydrogens is 314 g/mol. The summed E-state index contributed by atoms with van der Waals surface area (Å²) >= 11 is 0. The molecule has 0 aliphatic carbocycles. The van der Waals surface area contributed by atoms with Crippen LogP contribution in [0.3, 0.4) is 0 Å². The van der Waals surface area contributed by atoms with Crippen LogP contribution in [0, 0.1) is 0 Å². The maximum Gasteiger partial charge on any atom is 0.255 e. The number of hydrogen-bond donors (Lipinski definition) is 2. The summed E-state index contributed by atoms with van der Waals surface area (Å²) < 4.78 is 0. The Morgan fingerprint density at radius 1 is 0.960 bits per heavy atom. The Bertz CT molecular complexity index is 750. The minimum Gasteiger partial charge on any atom is -0.339 e. The third kappa shape index (κ3) is 4.25. The Hall–Kier alpha value is -2.66. The highest BCUT2D eigenvalue weighted by atomic mass is 16.2. The van der Waals surface area contributed by atoms with E-state index in [4.69, 9.17) is 5.73 Å². The summed E-state index contributed by atoms with van der Waals surface area (Å²) in [7, 11) is 0. The molecule has 0 unspecified atom stereocenters. The molecule has 0 radical (unpaired) electrons. The van der Waals surface area contributed by atoms with Crippen molar-refractivity contribution in [2.24, 2.45) is 5.73 Å². The molecule has 1 fully saturated rings. The molecule has 1 heterocycles. The normalized spacial score (nSPS) is 14.2. The number of benzene rings is 2. The number of nitrogens with zero attached hydrogens (tertiary/aromatic N) is 1. The summed E-state index contributed by atoms with van der Waals surface area (Å²) in [5.74, 6) is -0.172. The van der Waals surface area contributed by atoms with E-state index in [1.54, 1.807) is 36.4 Å². The molecule has 25 heavy (non-hydrogen) atoms. The third-order valence-electron chi connectivity index (χ3n) is 4.46. The van der Waals surface area contributed by atoms with Gasteiger partial charge in [0.25, 0.3) is 11.8 Å². The molecule has 5 heteroatoms. The standard InChI is InChI=1S/C20H23N3O2/c21-14-15-7-9-16(10-8-15)19(24)22-18-6-4-5-17(13-18)20(25)23-11-2-1-3-12-23/h4-10,13H,1-3,11-12,14,21H2,(H,22,24). The maximum absolute atomic E-state index is 12.6. The highest BCUT2D eigenvalue weighted by Crippen LogP contribution is 2.17. The zero-order chi connectivity index (χ0) is 17.6. The van der Waals surface area contributed by atoms with E-state index in [9.17, 15) is 9.59 Å². The first kappa shape index (κ1) is 17.2. The molecule has 1 aliphatic rings. The quantitative estimate of drug-likeness (QED) is 0.900. The van der Waals surface area contributed by atoms with E-state index in [-0.39, 0.29) is 11.8 Å². The van der Waals surface area contributed by atoms with Crippen LogP contribution in [0.1, 0.15) is 45.5 Å². The van der Waals surface area contributed by atoms with Gasteiger partial charge in [-0.15, -0.1) is 0 Å². The maximum atomic E-state index is 12.6. The number of anilines is 1. The number of carbonyl (C=O) groups excluding carboxylic acids is 2. The Morgan fingerprint density at radius 3 is 2.36 bits per heavy atom. The molecule has 0 spiro atoms. The fourth-order valence-corrected chi connectivity index (χ4v) is 3.01. The van der Waals surface area contributed by atoms with Gasteiger partial charge in [0, 0.05) is 36.4 Å². The van der Waals surface area contributed by atoms with Crippen molar-refractivity contribution in [3.8, 4) is 0 Å². The lowest BCUT2D eigenvalue weighted by molar-refractivity contribution is 0.0724. The summed E-state index contributed by atoms with van der Waals surface area (Å²) in [6.45, 7) is 2.06. The molecule has 0 aromatic heterocycles. The molecule has 2 amide bonds. The SMILES string of the molecule is NCc1ccc(C(=O)Nc2cccc(C(=O)N3CCCCC3)c2)cc1. The van der Waals surface area contributed by atoms with Crippen molar-refractivity contribution in [2.45, 2.75) is 25.8 Å². The number of nitrogens with one attached hydrogen (secondary N) is 1. The monoisotopic (exact) mass is 337 g/mol. The van der Waals surface area contributed by atoms with E-state index in [0.29, 0.717) is 23.4 Å². The van der Waals surface area contributed by atoms with E-state index in [0.717, 1.165) is 31.5 Å². The van der Waals surface area contributed by atoms with Gasteiger partial charge in [0.1, 0.15) is 0 Å². The van der Waals surface area contributed by atoms with Crippen molar-refractivity contribution >= 4 is 17.5 Å². The molecule has 2 aromatic carbocycles. The average Bonchev–Trinajstić information content (AvgIpc) is 2.68. The molecule has 3 N–H and O–H groups in total. The number of rotatable bonds is 4. The Labute approximate surface area is 147 Å². The van der Waals surface area contributed by atoms with E-state index < -0.39 is 0 Å². The molecule has 0 saturated carbocycles. The second-order valence-corrected chi connectivity index (χ2v) is 6.29. The van der Waals surface area contributed by atoms with Crippen molar-refractivity contribution in [1.29, 1.82) is 0 Å². The van der Waals surface area contributed by atoms with Crippen molar-refractivity contribution < 1.29 is 9.59 Å². The number of likely N-dealkylation sites (tertiary alicyclic amines) is 1. The minimum absolute atomic E-state index is 0.0306. The summed E-state index contributed by atoms with van der Waals surface area (Å²) in [6, 6.07) is 14.3. The Morgan fingerprint density at radius 2 is 1.68 bits per heavy atom. The molecule has 2 aromatic rings. The van der Waals surface area contributed by atoms with Crippen molar-refractivity contribution in [3.05, 3.63) is 65.2 Å². The molecule has 130 valence electrons. The van der Waals surface area contributed by atoms with E-state index in [2.05, 4.69) is 5.32 Å². The van der Waals surface area contributed by atoms with Crippen LogP contribution in [0.15, 0.2) is 48.5 Å². The van der Waals surface area contributed by atoms with Crippen LogP contribution < -0.4 is 11.1 Å². The molecule has 3 rings (SSSR count). The smallest absolute Gasteiger partial charge is 0.255 e. The fraction of sp³-hybridized carbons (Fsp3) is 0.300. The lowest BCUT2D eigenvalue weighted by Gasteiger charge is -2.26. The second kappa shape index (κ2) is 7.94. The first-order chi connectivity index (χ1) is 12.2. The van der Waals surface area contributed by atoms with Crippen LogP contribution in [0.25, 0.3) is 0 Å². The van der Waals surface area contributed by atoms with Gasteiger partial charge in [-0.3, -0.25) is 9.59 Å². The summed E-state index contributed by atoms with van der Waals surface area (Å²) in [5.41, 5.74) is 8.34. The van der Waals surface area contributed by atoms with Gasteiger partial charge < -0.3 is 16.0 Å². The lowest BCUT2D eigenvalue weighted by Crippen LogP contribution is -2.35. The zero-order valence-electron chi connectivity index (χ0n) is 14.2. The largest absolute Gasteiger partial charge is 0.339 e. The second-order valence-electron chi connectivity index (χ2n) is 6.29. The Kier molecular flexibility index (Phi) is 5.46. The van der Waals surface area contributed by atoms with Crippen LogP contribution >= 0.6 is 0 Å². The topological polar surface area (TPSA) is 75.4 Å². The van der Waals surface area contributed by atoms with E-state index in [1.807, 2.05) is 17.0 Å². The highest BCUT2D eigenvalue weighted by molar-refractivity contribution is 6.05. The summed E-state index contributed by atoms with van der Waals surface area (Å²) in [4.78, 5) is 26.8. The van der Waals surface area contributed by atoms with Crippen LogP contribution in [-0.4, -0.2) is 29.8 Å². The third-order valence-corrected chi connectivity index (χ3v) is 4.46. The number of carbonyl (C=O) groups is 2. The molecule has 1 aliphatic heterocycles. The van der Waals surface area contributed by atoms with Gasteiger partial charge in [0.15, 0.2) is 0 Å². The number of amides is 2. The fourth-order valence-electron chi connectivity index (χ4n) is 3.01. The van der Waals surface area contributed by atoms with Gasteiger partial charge in [-0.1, -0.05) is 18.2 Å². The van der Waals surface area contributed by atoms with Crippen molar-refractivity contribution in [2.75, 3.05) is 18.4 Å². The average molecular weight is 337 g/mol. The number of piperidine rings is 1. The number of hydrogen-bond acceptors (Lipinski definition) is 3. The van der Waals surface area contributed by atoms with E-state index >= 15 is 0 Å². The van der Waals surface area contributed by atoms with Crippen LogP contribution in [0.2, 0.25) is 0 Å². The predicted molar refractivity (Wildman–Crippen MR) is 98.5 cm³/mol. The molecule has 1 saturated heterocycles. The van der Waals surface area contributed by atoms with Gasteiger partial charge in [0.2, 0.25) is 0 Å². The van der Waals surface area contributed by atoms with Gasteiger partial charge >= 0.3 is 0 Å². The predicted octanol–water partition coefficient (Wildman–Crippen LogP) is 3.02. The van der Waals surface area contributed by atoms with Crippen LogP contribution in [0.4, 0.5) is 5.69 Å². The van der Waals surface area contributed by atoms with Crippen LogP contribution in [0.5, 0.6) is 0 Å². The lowest BCUT2D eigenvalue weighted by atomic mass is 10.1.